The second kappa shape index (κ2) is 6.95. The minimum Gasteiger partial charge on any atom is -0.496 e. The van der Waals surface area contributed by atoms with Crippen LogP contribution in [0.5, 0.6) is 5.75 Å². The van der Waals surface area contributed by atoms with Crippen LogP contribution in [0, 0.1) is 0 Å². The Balaban J connectivity index is 3.06. The summed E-state index contributed by atoms with van der Waals surface area (Å²) in [5, 5.41) is 0. The molecule has 0 aromatic heterocycles. The summed E-state index contributed by atoms with van der Waals surface area (Å²) in [4.78, 5) is 13.6. The Hall–Kier alpha value is -1.27. The Bertz CT molecular complexity index is 586. The molecular weight excluding hydrogens is 302 g/mol. The molecule has 0 radical (unpaired) electrons. The SMILES string of the molecule is CCCN(C)C(=O)Cc1cc(S(=O)(=O)Cl)ccc1OC. The maximum absolute atomic E-state index is 12.0. The molecule has 0 heterocycles. The highest BCUT2D eigenvalue weighted by atomic mass is 35.7. The number of amides is 1. The monoisotopic (exact) mass is 319 g/mol. The molecule has 0 atom stereocenters. The Morgan fingerprint density at radius 3 is 2.55 bits per heavy atom. The lowest BCUT2D eigenvalue weighted by atomic mass is 10.1. The van der Waals surface area contributed by atoms with Crippen LogP contribution in [0.3, 0.4) is 0 Å². The van der Waals surface area contributed by atoms with Gasteiger partial charge in [-0.2, -0.15) is 0 Å². The first-order valence-corrected chi connectivity index (χ1v) is 8.46. The van der Waals surface area contributed by atoms with E-state index >= 15 is 0 Å². The highest BCUT2D eigenvalue weighted by molar-refractivity contribution is 8.13. The van der Waals surface area contributed by atoms with Crippen LogP contribution in [-0.2, 0) is 20.3 Å². The van der Waals surface area contributed by atoms with Gasteiger partial charge >= 0.3 is 0 Å². The number of likely N-dealkylation sites (N-methyl/N-ethyl adjacent to an activating group) is 1. The van der Waals surface area contributed by atoms with E-state index in [4.69, 9.17) is 15.4 Å². The number of hydrogen-bond donors (Lipinski definition) is 0. The van der Waals surface area contributed by atoms with Crippen molar-refractivity contribution in [1.82, 2.24) is 4.90 Å². The van der Waals surface area contributed by atoms with Gasteiger partial charge in [-0.05, 0) is 24.6 Å². The molecule has 0 aliphatic carbocycles. The summed E-state index contributed by atoms with van der Waals surface area (Å²) < 4.78 is 27.8. The second-order valence-corrected chi connectivity index (χ2v) is 6.97. The lowest BCUT2D eigenvalue weighted by Crippen LogP contribution is -2.29. The minimum atomic E-state index is -3.82. The largest absolute Gasteiger partial charge is 0.496 e. The van der Waals surface area contributed by atoms with Gasteiger partial charge in [0.1, 0.15) is 5.75 Å². The predicted molar refractivity (Wildman–Crippen MR) is 77.7 cm³/mol. The van der Waals surface area contributed by atoms with Crippen LogP contribution in [0.4, 0.5) is 0 Å². The molecule has 112 valence electrons. The molecule has 0 bridgehead atoms. The second-order valence-electron chi connectivity index (χ2n) is 4.40. The summed E-state index contributed by atoms with van der Waals surface area (Å²) in [6, 6.07) is 4.22. The Kier molecular flexibility index (Phi) is 5.83. The molecule has 5 nitrogen and oxygen atoms in total. The van der Waals surface area contributed by atoms with Gasteiger partial charge in [0.05, 0.1) is 18.4 Å². The molecule has 0 saturated carbocycles. The average Bonchev–Trinajstić information content (AvgIpc) is 2.37. The van der Waals surface area contributed by atoms with Gasteiger partial charge in [-0.15, -0.1) is 0 Å². The van der Waals surface area contributed by atoms with Crippen LogP contribution in [0.25, 0.3) is 0 Å². The number of halogens is 1. The number of methoxy groups -OCH3 is 1. The van der Waals surface area contributed by atoms with Gasteiger partial charge in [0.2, 0.25) is 5.91 Å². The molecule has 0 spiro atoms. The first kappa shape index (κ1) is 16.8. The van der Waals surface area contributed by atoms with E-state index in [9.17, 15) is 13.2 Å². The highest BCUT2D eigenvalue weighted by Crippen LogP contribution is 2.25. The zero-order valence-electron chi connectivity index (χ0n) is 11.7. The zero-order chi connectivity index (χ0) is 15.3. The van der Waals surface area contributed by atoms with Gasteiger partial charge in [0, 0.05) is 29.8 Å². The molecular formula is C13H18ClNO4S. The standard InChI is InChI=1S/C13H18ClNO4S/c1-4-7-15(2)13(16)9-10-8-11(20(14,17)18)5-6-12(10)19-3/h5-6,8H,4,7,9H2,1-3H3. The van der Waals surface area contributed by atoms with E-state index in [0.717, 1.165) is 6.42 Å². The van der Waals surface area contributed by atoms with Gasteiger partial charge in [-0.25, -0.2) is 8.42 Å². The van der Waals surface area contributed by atoms with Crippen molar-refractivity contribution in [2.24, 2.45) is 0 Å². The van der Waals surface area contributed by atoms with Gasteiger partial charge in [0.25, 0.3) is 9.05 Å². The van der Waals surface area contributed by atoms with Crippen molar-refractivity contribution < 1.29 is 17.9 Å². The van der Waals surface area contributed by atoms with Crippen LogP contribution < -0.4 is 4.74 Å². The highest BCUT2D eigenvalue weighted by Gasteiger charge is 2.17. The van der Waals surface area contributed by atoms with E-state index in [-0.39, 0.29) is 17.2 Å². The van der Waals surface area contributed by atoms with E-state index < -0.39 is 9.05 Å². The van der Waals surface area contributed by atoms with E-state index in [1.165, 1.54) is 25.3 Å². The Morgan fingerprint density at radius 1 is 1.40 bits per heavy atom. The number of rotatable bonds is 6. The topological polar surface area (TPSA) is 63.7 Å². The van der Waals surface area contributed by atoms with Crippen LogP contribution in [0.15, 0.2) is 23.1 Å². The van der Waals surface area contributed by atoms with Crippen molar-refractivity contribution in [3.05, 3.63) is 23.8 Å². The van der Waals surface area contributed by atoms with Crippen LogP contribution >= 0.6 is 10.7 Å². The first-order chi connectivity index (χ1) is 9.29. The molecule has 1 rings (SSSR count). The molecule has 0 saturated heterocycles. The Morgan fingerprint density at radius 2 is 2.05 bits per heavy atom. The number of benzene rings is 1. The Labute approximate surface area is 123 Å². The number of hydrogen-bond acceptors (Lipinski definition) is 4. The average molecular weight is 320 g/mol. The molecule has 0 aliphatic rings. The van der Waals surface area contributed by atoms with E-state index in [1.54, 1.807) is 11.9 Å². The number of carbonyl (C=O) groups is 1. The number of carbonyl (C=O) groups excluding carboxylic acids is 1. The molecule has 0 N–H and O–H groups in total. The van der Waals surface area contributed by atoms with Gasteiger partial charge < -0.3 is 9.64 Å². The third-order valence-electron chi connectivity index (χ3n) is 2.86. The maximum atomic E-state index is 12.0. The molecule has 0 aliphatic heterocycles. The summed E-state index contributed by atoms with van der Waals surface area (Å²) in [5.74, 6) is 0.363. The van der Waals surface area contributed by atoms with Crippen LogP contribution in [-0.4, -0.2) is 39.9 Å². The van der Waals surface area contributed by atoms with Gasteiger partial charge in [0.15, 0.2) is 0 Å². The lowest BCUT2D eigenvalue weighted by molar-refractivity contribution is -0.129. The summed E-state index contributed by atoms with van der Waals surface area (Å²) in [6.45, 7) is 2.62. The summed E-state index contributed by atoms with van der Waals surface area (Å²) >= 11 is 0. The van der Waals surface area contributed by atoms with Crippen molar-refractivity contribution >= 4 is 25.6 Å². The molecule has 0 unspecified atom stereocenters. The van der Waals surface area contributed by atoms with Gasteiger partial charge in [-0.1, -0.05) is 6.92 Å². The summed E-state index contributed by atoms with van der Waals surface area (Å²) in [5.41, 5.74) is 0.502. The van der Waals surface area contributed by atoms with Crippen molar-refractivity contribution in [3.8, 4) is 5.75 Å². The molecule has 1 amide bonds. The van der Waals surface area contributed by atoms with Gasteiger partial charge in [-0.3, -0.25) is 4.79 Å². The summed E-state index contributed by atoms with van der Waals surface area (Å²) in [7, 11) is 4.66. The lowest BCUT2D eigenvalue weighted by Gasteiger charge is -2.17. The van der Waals surface area contributed by atoms with E-state index in [2.05, 4.69) is 0 Å². The fourth-order valence-electron chi connectivity index (χ4n) is 1.80. The van der Waals surface area contributed by atoms with E-state index in [0.29, 0.717) is 17.9 Å². The number of nitrogens with zero attached hydrogens (tertiary/aromatic N) is 1. The zero-order valence-corrected chi connectivity index (χ0v) is 13.3. The predicted octanol–water partition coefficient (Wildman–Crippen LogP) is 2.03. The first-order valence-electron chi connectivity index (χ1n) is 6.15. The smallest absolute Gasteiger partial charge is 0.261 e. The summed E-state index contributed by atoms with van der Waals surface area (Å²) in [6.07, 6.45) is 0.926. The molecule has 0 fully saturated rings. The quantitative estimate of drug-likeness (QED) is 0.753. The van der Waals surface area contributed by atoms with Crippen molar-refractivity contribution in [3.63, 3.8) is 0 Å². The number of ether oxygens (including phenoxy) is 1. The normalized spacial score (nSPS) is 11.2. The minimum absolute atomic E-state index is 0.0408. The molecule has 1 aromatic carbocycles. The maximum Gasteiger partial charge on any atom is 0.261 e. The van der Waals surface area contributed by atoms with Crippen LogP contribution in [0.2, 0.25) is 0 Å². The van der Waals surface area contributed by atoms with E-state index in [1.807, 2.05) is 6.92 Å². The fourth-order valence-corrected chi connectivity index (χ4v) is 2.60. The molecule has 1 aromatic rings. The third kappa shape index (κ3) is 4.38. The van der Waals surface area contributed by atoms with Crippen molar-refractivity contribution in [1.29, 1.82) is 0 Å². The fraction of sp³-hybridized carbons (Fsp3) is 0.462. The van der Waals surface area contributed by atoms with Crippen molar-refractivity contribution in [2.75, 3.05) is 20.7 Å². The van der Waals surface area contributed by atoms with Crippen molar-refractivity contribution in [2.45, 2.75) is 24.7 Å². The molecule has 20 heavy (non-hydrogen) atoms. The molecule has 7 heteroatoms. The third-order valence-corrected chi connectivity index (χ3v) is 4.21. The van der Waals surface area contributed by atoms with Crippen LogP contribution in [0.1, 0.15) is 18.9 Å².